The fraction of sp³-hybridized carbons (Fsp3) is 0.889. The van der Waals surface area contributed by atoms with Gasteiger partial charge in [-0.3, -0.25) is 0 Å². The predicted octanol–water partition coefficient (Wildman–Crippen LogP) is 1.73. The zero-order valence-corrected chi connectivity index (χ0v) is 8.12. The van der Waals surface area contributed by atoms with Gasteiger partial charge >= 0.3 is 6.16 Å². The van der Waals surface area contributed by atoms with E-state index in [-0.39, 0.29) is 12.2 Å². The summed E-state index contributed by atoms with van der Waals surface area (Å²) >= 11 is 0. The van der Waals surface area contributed by atoms with E-state index in [9.17, 15) is 4.79 Å². The number of ether oxygens (including phenoxy) is 3. The molecular formula is C9H16O4. The van der Waals surface area contributed by atoms with E-state index in [0.29, 0.717) is 6.61 Å². The molecule has 1 aliphatic heterocycles. The second kappa shape index (κ2) is 5.07. The SMILES string of the molecule is CCC(CCC1COC(=O)O1)OC. The van der Waals surface area contributed by atoms with Crippen molar-refractivity contribution in [2.75, 3.05) is 13.7 Å². The Labute approximate surface area is 78.2 Å². The third kappa shape index (κ3) is 3.22. The first-order chi connectivity index (χ1) is 6.26. The summed E-state index contributed by atoms with van der Waals surface area (Å²) in [6.07, 6.45) is 2.36. The normalized spacial score (nSPS) is 23.8. The van der Waals surface area contributed by atoms with Crippen LogP contribution >= 0.6 is 0 Å². The zero-order valence-electron chi connectivity index (χ0n) is 8.12. The molecule has 1 saturated heterocycles. The van der Waals surface area contributed by atoms with Crippen LogP contribution in [0.3, 0.4) is 0 Å². The highest BCUT2D eigenvalue weighted by molar-refractivity contribution is 5.61. The molecule has 0 radical (unpaired) electrons. The maximum absolute atomic E-state index is 10.6. The molecule has 1 fully saturated rings. The molecule has 0 N–H and O–H groups in total. The third-order valence-corrected chi connectivity index (χ3v) is 2.25. The molecular weight excluding hydrogens is 172 g/mol. The minimum absolute atomic E-state index is 0.0725. The second-order valence-corrected chi connectivity index (χ2v) is 3.14. The van der Waals surface area contributed by atoms with Gasteiger partial charge in [-0.2, -0.15) is 0 Å². The molecule has 4 nitrogen and oxygen atoms in total. The third-order valence-electron chi connectivity index (χ3n) is 2.25. The van der Waals surface area contributed by atoms with Gasteiger partial charge in [0.1, 0.15) is 12.7 Å². The van der Waals surface area contributed by atoms with Gasteiger partial charge in [-0.25, -0.2) is 4.79 Å². The Kier molecular flexibility index (Phi) is 4.02. The Bertz CT molecular complexity index is 165. The molecule has 0 aliphatic carbocycles. The van der Waals surface area contributed by atoms with Gasteiger partial charge in [0.05, 0.1) is 6.10 Å². The monoisotopic (exact) mass is 188 g/mol. The Hall–Kier alpha value is -0.770. The van der Waals surface area contributed by atoms with Crippen LogP contribution in [0.25, 0.3) is 0 Å². The molecule has 0 aromatic carbocycles. The van der Waals surface area contributed by atoms with Gasteiger partial charge < -0.3 is 14.2 Å². The number of carbonyl (C=O) groups is 1. The van der Waals surface area contributed by atoms with Crippen molar-refractivity contribution in [2.24, 2.45) is 0 Å². The molecule has 2 unspecified atom stereocenters. The molecule has 0 spiro atoms. The number of hydrogen-bond acceptors (Lipinski definition) is 4. The average molecular weight is 188 g/mol. The first-order valence-electron chi connectivity index (χ1n) is 4.62. The van der Waals surface area contributed by atoms with Crippen LogP contribution in [0.1, 0.15) is 26.2 Å². The Morgan fingerprint density at radius 3 is 2.92 bits per heavy atom. The molecule has 76 valence electrons. The number of carbonyl (C=O) groups excluding carboxylic acids is 1. The maximum atomic E-state index is 10.6. The van der Waals surface area contributed by atoms with Crippen molar-refractivity contribution < 1.29 is 19.0 Å². The van der Waals surface area contributed by atoms with Crippen molar-refractivity contribution in [1.29, 1.82) is 0 Å². The first-order valence-corrected chi connectivity index (χ1v) is 4.62. The van der Waals surface area contributed by atoms with Crippen molar-refractivity contribution in [3.05, 3.63) is 0 Å². The van der Waals surface area contributed by atoms with Crippen LogP contribution in [0.15, 0.2) is 0 Å². The fourth-order valence-corrected chi connectivity index (χ4v) is 1.37. The van der Waals surface area contributed by atoms with Gasteiger partial charge in [0.25, 0.3) is 0 Å². The molecule has 0 amide bonds. The summed E-state index contributed by atoms with van der Waals surface area (Å²) in [6.45, 7) is 2.46. The van der Waals surface area contributed by atoms with E-state index in [1.807, 2.05) is 0 Å². The second-order valence-electron chi connectivity index (χ2n) is 3.14. The predicted molar refractivity (Wildman–Crippen MR) is 46.5 cm³/mol. The average Bonchev–Trinajstić information content (AvgIpc) is 2.53. The lowest BCUT2D eigenvalue weighted by atomic mass is 10.1. The van der Waals surface area contributed by atoms with Crippen molar-refractivity contribution >= 4 is 6.16 Å². The van der Waals surface area contributed by atoms with Crippen molar-refractivity contribution in [3.8, 4) is 0 Å². The van der Waals surface area contributed by atoms with Crippen LogP contribution in [-0.2, 0) is 14.2 Å². The topological polar surface area (TPSA) is 44.8 Å². The molecule has 4 heteroatoms. The summed E-state index contributed by atoms with van der Waals surface area (Å²) in [5.74, 6) is 0. The highest BCUT2D eigenvalue weighted by Crippen LogP contribution is 2.15. The van der Waals surface area contributed by atoms with E-state index in [4.69, 9.17) is 9.47 Å². The van der Waals surface area contributed by atoms with Gasteiger partial charge in [-0.1, -0.05) is 6.92 Å². The van der Waals surface area contributed by atoms with Gasteiger partial charge in [0.15, 0.2) is 0 Å². The smallest absolute Gasteiger partial charge is 0.430 e. The minimum Gasteiger partial charge on any atom is -0.430 e. The number of cyclic esters (lactones) is 2. The highest BCUT2D eigenvalue weighted by atomic mass is 16.8. The summed E-state index contributed by atoms with van der Waals surface area (Å²) < 4.78 is 14.8. The van der Waals surface area contributed by atoms with Crippen LogP contribution in [0.5, 0.6) is 0 Å². The molecule has 0 aromatic heterocycles. The van der Waals surface area contributed by atoms with E-state index in [1.165, 1.54) is 0 Å². The molecule has 1 aliphatic rings. The van der Waals surface area contributed by atoms with Gasteiger partial charge in [-0.15, -0.1) is 0 Å². The quantitative estimate of drug-likeness (QED) is 0.616. The standard InChI is InChI=1S/C9H16O4/c1-3-7(11-2)4-5-8-6-12-9(10)13-8/h7-8H,3-6H2,1-2H3. The molecule has 1 rings (SSSR count). The molecule has 1 heterocycles. The van der Waals surface area contributed by atoms with E-state index >= 15 is 0 Å². The largest absolute Gasteiger partial charge is 0.508 e. The number of methoxy groups -OCH3 is 1. The zero-order chi connectivity index (χ0) is 9.68. The lowest BCUT2D eigenvalue weighted by Gasteiger charge is -2.13. The fourth-order valence-electron chi connectivity index (χ4n) is 1.37. The Morgan fingerprint density at radius 1 is 1.69 bits per heavy atom. The van der Waals surface area contributed by atoms with E-state index in [0.717, 1.165) is 19.3 Å². The highest BCUT2D eigenvalue weighted by Gasteiger charge is 2.25. The molecule has 2 atom stereocenters. The summed E-state index contributed by atoms with van der Waals surface area (Å²) in [5, 5.41) is 0. The van der Waals surface area contributed by atoms with Gasteiger partial charge in [0.2, 0.25) is 0 Å². The summed E-state index contributed by atoms with van der Waals surface area (Å²) in [4.78, 5) is 10.6. The lowest BCUT2D eigenvalue weighted by molar-refractivity contribution is 0.0724. The number of rotatable bonds is 5. The van der Waals surface area contributed by atoms with Crippen molar-refractivity contribution in [2.45, 2.75) is 38.4 Å². The lowest BCUT2D eigenvalue weighted by Crippen LogP contribution is -2.16. The van der Waals surface area contributed by atoms with Crippen LogP contribution in [0.2, 0.25) is 0 Å². The maximum Gasteiger partial charge on any atom is 0.508 e. The van der Waals surface area contributed by atoms with Crippen LogP contribution in [0.4, 0.5) is 4.79 Å². The molecule has 13 heavy (non-hydrogen) atoms. The van der Waals surface area contributed by atoms with Crippen LogP contribution in [-0.4, -0.2) is 32.1 Å². The van der Waals surface area contributed by atoms with Crippen LogP contribution < -0.4 is 0 Å². The van der Waals surface area contributed by atoms with Crippen molar-refractivity contribution in [1.82, 2.24) is 0 Å². The summed E-state index contributed by atoms with van der Waals surface area (Å²) in [6, 6.07) is 0. The van der Waals surface area contributed by atoms with E-state index < -0.39 is 6.16 Å². The van der Waals surface area contributed by atoms with Gasteiger partial charge in [0, 0.05) is 7.11 Å². The van der Waals surface area contributed by atoms with E-state index in [2.05, 4.69) is 11.7 Å². The van der Waals surface area contributed by atoms with Crippen molar-refractivity contribution in [3.63, 3.8) is 0 Å². The molecule has 0 saturated carbocycles. The molecule has 0 aromatic rings. The van der Waals surface area contributed by atoms with Gasteiger partial charge in [-0.05, 0) is 19.3 Å². The van der Waals surface area contributed by atoms with Crippen LogP contribution in [0, 0.1) is 0 Å². The molecule has 0 bridgehead atoms. The number of hydrogen-bond donors (Lipinski definition) is 0. The Morgan fingerprint density at radius 2 is 2.46 bits per heavy atom. The minimum atomic E-state index is -0.546. The summed E-state index contributed by atoms with van der Waals surface area (Å²) in [7, 11) is 1.70. The Balaban J connectivity index is 2.14. The first kappa shape index (κ1) is 10.3. The van der Waals surface area contributed by atoms with E-state index in [1.54, 1.807) is 7.11 Å². The summed E-state index contributed by atoms with van der Waals surface area (Å²) in [5.41, 5.74) is 0.